The highest BCUT2D eigenvalue weighted by Gasteiger charge is 2.58. The summed E-state index contributed by atoms with van der Waals surface area (Å²) in [7, 11) is 0. The zero-order chi connectivity index (χ0) is 11.6. The maximum absolute atomic E-state index is 12.1. The maximum atomic E-state index is 12.1. The van der Waals surface area contributed by atoms with Crippen molar-refractivity contribution in [2.45, 2.75) is 25.7 Å². The molecule has 2 fully saturated rings. The molecule has 2 unspecified atom stereocenters. The minimum atomic E-state index is 0.0276. The largest absolute Gasteiger partial charge is 0.300 e. The van der Waals surface area contributed by atoms with Gasteiger partial charge in [0, 0.05) is 24.2 Å². The van der Waals surface area contributed by atoms with Crippen molar-refractivity contribution in [3.63, 3.8) is 0 Å². The smallest absolute Gasteiger partial charge is 0.159 e. The third kappa shape index (κ3) is 1.11. The summed E-state index contributed by atoms with van der Waals surface area (Å²) >= 11 is 0. The number of fused-ring (bicyclic) bond motifs is 6. The summed E-state index contributed by atoms with van der Waals surface area (Å²) < 4.78 is 0. The summed E-state index contributed by atoms with van der Waals surface area (Å²) in [6.45, 7) is 0. The first-order valence-corrected chi connectivity index (χ1v) is 6.63. The van der Waals surface area contributed by atoms with Crippen LogP contribution in [0, 0.1) is 29.1 Å². The predicted octanol–water partition coefficient (Wildman–Crippen LogP) is 2.30. The van der Waals surface area contributed by atoms with Crippen LogP contribution in [0.1, 0.15) is 25.7 Å². The Balaban J connectivity index is 1.82. The van der Waals surface area contributed by atoms with Crippen LogP contribution in [0.5, 0.6) is 0 Å². The second kappa shape index (κ2) is 2.98. The topological polar surface area (TPSA) is 34.1 Å². The molecule has 2 heteroatoms. The molecular weight excluding hydrogens is 212 g/mol. The molecule has 0 saturated heterocycles. The molecule has 0 N–H and O–H groups in total. The Morgan fingerprint density at radius 1 is 1.18 bits per heavy atom. The molecule has 2 nitrogen and oxygen atoms in total. The summed E-state index contributed by atoms with van der Waals surface area (Å²) in [6.07, 6.45) is 11.9. The summed E-state index contributed by atoms with van der Waals surface area (Å²) in [4.78, 5) is 23.7. The van der Waals surface area contributed by atoms with Gasteiger partial charge in [-0.2, -0.15) is 0 Å². The van der Waals surface area contributed by atoms with Crippen LogP contribution < -0.4 is 0 Å². The monoisotopic (exact) mass is 228 g/mol. The number of rotatable bonds is 0. The van der Waals surface area contributed by atoms with E-state index in [9.17, 15) is 9.59 Å². The lowest BCUT2D eigenvalue weighted by atomic mass is 9.60. The fourth-order valence-corrected chi connectivity index (χ4v) is 4.81. The Hall–Kier alpha value is -1.18. The van der Waals surface area contributed by atoms with E-state index in [0.29, 0.717) is 42.2 Å². The average molecular weight is 228 g/mol. The normalized spacial score (nSPS) is 50.6. The quantitative estimate of drug-likeness (QED) is 0.596. The molecule has 5 atom stereocenters. The summed E-state index contributed by atoms with van der Waals surface area (Å²) in [6, 6.07) is 0. The Morgan fingerprint density at radius 2 is 2.00 bits per heavy atom. The first kappa shape index (κ1) is 9.81. The second-order valence-electron chi connectivity index (χ2n) is 6.18. The lowest BCUT2D eigenvalue weighted by molar-refractivity contribution is -0.124. The van der Waals surface area contributed by atoms with Crippen LogP contribution in [-0.4, -0.2) is 11.6 Å². The van der Waals surface area contributed by atoms with Crippen molar-refractivity contribution in [2.75, 3.05) is 0 Å². The minimum absolute atomic E-state index is 0.0276. The van der Waals surface area contributed by atoms with Crippen LogP contribution in [0.3, 0.4) is 0 Å². The van der Waals surface area contributed by atoms with Crippen LogP contribution in [0.15, 0.2) is 24.3 Å². The van der Waals surface area contributed by atoms with Gasteiger partial charge in [0.05, 0.1) is 0 Å². The van der Waals surface area contributed by atoms with E-state index in [2.05, 4.69) is 18.2 Å². The Labute approximate surface area is 101 Å². The van der Waals surface area contributed by atoms with Gasteiger partial charge in [0.1, 0.15) is 5.78 Å². The number of allylic oxidation sites excluding steroid dienone is 4. The molecule has 0 radical (unpaired) electrons. The highest BCUT2D eigenvalue weighted by atomic mass is 16.1. The zero-order valence-corrected chi connectivity index (χ0v) is 9.76. The molecule has 4 aliphatic rings. The second-order valence-corrected chi connectivity index (χ2v) is 6.18. The lowest BCUT2D eigenvalue weighted by Crippen LogP contribution is -2.41. The molecule has 0 amide bonds. The van der Waals surface area contributed by atoms with Gasteiger partial charge >= 0.3 is 0 Å². The van der Waals surface area contributed by atoms with E-state index in [0.717, 1.165) is 12.8 Å². The first-order chi connectivity index (χ1) is 8.20. The Morgan fingerprint density at radius 3 is 2.76 bits per heavy atom. The third-order valence-corrected chi connectivity index (χ3v) is 5.43. The van der Waals surface area contributed by atoms with E-state index in [1.165, 1.54) is 0 Å². The van der Waals surface area contributed by atoms with Crippen molar-refractivity contribution in [1.29, 1.82) is 0 Å². The van der Waals surface area contributed by atoms with E-state index in [1.807, 2.05) is 0 Å². The van der Waals surface area contributed by atoms with E-state index in [4.69, 9.17) is 0 Å². The SMILES string of the molecule is O=C1CC[C@@]2(C=CC(=O)[C@@H]3C4C=CC(C4)[C@@H]32)C1. The third-order valence-electron chi connectivity index (χ3n) is 5.43. The number of carbonyl (C=O) groups excluding carboxylic acids is 2. The van der Waals surface area contributed by atoms with Crippen molar-refractivity contribution >= 4 is 11.6 Å². The van der Waals surface area contributed by atoms with Crippen LogP contribution in [0.4, 0.5) is 0 Å². The molecular formula is C15H16O2. The van der Waals surface area contributed by atoms with Gasteiger partial charge in [0.15, 0.2) is 5.78 Å². The van der Waals surface area contributed by atoms with Crippen molar-refractivity contribution in [3.8, 4) is 0 Å². The standard InChI is InChI=1S/C15H16O2/c16-11-3-5-15(8-11)6-4-12(17)13-9-1-2-10(7-9)14(13)15/h1-2,4,6,9-10,13-14H,3,5,7-8H2/t9?,10?,13-,14-,15+/m0/s1. The van der Waals surface area contributed by atoms with Crippen molar-refractivity contribution in [3.05, 3.63) is 24.3 Å². The molecule has 0 aliphatic heterocycles. The van der Waals surface area contributed by atoms with Gasteiger partial charge in [-0.3, -0.25) is 9.59 Å². The molecule has 0 aromatic carbocycles. The van der Waals surface area contributed by atoms with Crippen molar-refractivity contribution < 1.29 is 9.59 Å². The minimum Gasteiger partial charge on any atom is -0.300 e. The van der Waals surface area contributed by atoms with E-state index < -0.39 is 0 Å². The number of carbonyl (C=O) groups is 2. The highest BCUT2D eigenvalue weighted by Crippen LogP contribution is 2.61. The summed E-state index contributed by atoms with van der Waals surface area (Å²) in [5, 5.41) is 0. The number of hydrogen-bond acceptors (Lipinski definition) is 2. The number of Topliss-reactive ketones (excluding diaryl/α,β-unsaturated/α-hetero) is 1. The maximum Gasteiger partial charge on any atom is 0.159 e. The number of ketones is 2. The van der Waals surface area contributed by atoms with Gasteiger partial charge < -0.3 is 0 Å². The Kier molecular flexibility index (Phi) is 1.72. The van der Waals surface area contributed by atoms with E-state index in [1.54, 1.807) is 6.08 Å². The average Bonchev–Trinajstić information content (AvgIpc) is 2.99. The van der Waals surface area contributed by atoms with Gasteiger partial charge in [0.25, 0.3) is 0 Å². The van der Waals surface area contributed by atoms with Crippen LogP contribution >= 0.6 is 0 Å². The molecule has 1 spiro atoms. The molecule has 4 rings (SSSR count). The predicted molar refractivity (Wildman–Crippen MR) is 63.2 cm³/mol. The molecule has 0 aromatic heterocycles. The molecule has 17 heavy (non-hydrogen) atoms. The van der Waals surface area contributed by atoms with Gasteiger partial charge in [0.2, 0.25) is 0 Å². The van der Waals surface area contributed by atoms with Crippen molar-refractivity contribution in [1.82, 2.24) is 0 Å². The van der Waals surface area contributed by atoms with Crippen LogP contribution in [0.25, 0.3) is 0 Å². The Bertz CT molecular complexity index is 473. The fraction of sp³-hybridized carbons (Fsp3) is 0.600. The van der Waals surface area contributed by atoms with E-state index in [-0.39, 0.29) is 11.3 Å². The first-order valence-electron chi connectivity index (χ1n) is 6.63. The molecule has 2 bridgehead atoms. The fourth-order valence-electron chi connectivity index (χ4n) is 4.81. The van der Waals surface area contributed by atoms with Crippen LogP contribution in [0.2, 0.25) is 0 Å². The summed E-state index contributed by atoms with van der Waals surface area (Å²) in [5.74, 6) is 2.29. The molecule has 0 heterocycles. The summed E-state index contributed by atoms with van der Waals surface area (Å²) in [5.41, 5.74) is 0.0276. The van der Waals surface area contributed by atoms with Crippen molar-refractivity contribution in [2.24, 2.45) is 29.1 Å². The van der Waals surface area contributed by atoms with E-state index >= 15 is 0 Å². The van der Waals surface area contributed by atoms with Gasteiger partial charge in [-0.25, -0.2) is 0 Å². The van der Waals surface area contributed by atoms with Gasteiger partial charge in [-0.15, -0.1) is 0 Å². The van der Waals surface area contributed by atoms with Gasteiger partial charge in [-0.05, 0) is 36.7 Å². The van der Waals surface area contributed by atoms with Crippen LogP contribution in [-0.2, 0) is 9.59 Å². The lowest BCUT2D eigenvalue weighted by Gasteiger charge is -2.42. The van der Waals surface area contributed by atoms with Gasteiger partial charge in [-0.1, -0.05) is 18.2 Å². The molecule has 88 valence electrons. The number of hydrogen-bond donors (Lipinski definition) is 0. The molecule has 4 aliphatic carbocycles. The zero-order valence-electron chi connectivity index (χ0n) is 9.76. The highest BCUT2D eigenvalue weighted by molar-refractivity contribution is 5.95. The molecule has 2 saturated carbocycles. The molecule has 0 aromatic rings.